The molecule has 10 heteroatoms. The van der Waals surface area contributed by atoms with Crippen LogP contribution in [0.5, 0.6) is 11.5 Å². The summed E-state index contributed by atoms with van der Waals surface area (Å²) in [6.07, 6.45) is 0. The van der Waals surface area contributed by atoms with Gasteiger partial charge in [0.05, 0.1) is 24.5 Å². The lowest BCUT2D eigenvalue weighted by Gasteiger charge is -2.36. The summed E-state index contributed by atoms with van der Waals surface area (Å²) in [4.78, 5) is 20.2. The van der Waals surface area contributed by atoms with E-state index in [1.165, 1.54) is 12.1 Å². The second-order valence-electron chi connectivity index (χ2n) is 9.49. The minimum absolute atomic E-state index is 0.139. The first-order valence-corrected chi connectivity index (χ1v) is 13.0. The van der Waals surface area contributed by atoms with Gasteiger partial charge in [0.2, 0.25) is 6.79 Å². The molecular formula is C28H34FN5O4. The second-order valence-corrected chi connectivity index (χ2v) is 9.49. The van der Waals surface area contributed by atoms with Gasteiger partial charge < -0.3 is 28.9 Å². The van der Waals surface area contributed by atoms with E-state index >= 15 is 0 Å². The van der Waals surface area contributed by atoms with Crippen LogP contribution in [0.3, 0.4) is 0 Å². The topological polar surface area (TPSA) is 72.3 Å². The predicted molar refractivity (Wildman–Crippen MR) is 142 cm³/mol. The lowest BCUT2D eigenvalue weighted by molar-refractivity contribution is 0.0680. The highest BCUT2D eigenvalue weighted by Crippen LogP contribution is 2.34. The molecule has 0 bridgehead atoms. The highest BCUT2D eigenvalue weighted by atomic mass is 19.1. The van der Waals surface area contributed by atoms with E-state index in [0.29, 0.717) is 42.4 Å². The molecule has 0 saturated carbocycles. The van der Waals surface area contributed by atoms with Crippen LogP contribution in [0.1, 0.15) is 28.5 Å². The summed E-state index contributed by atoms with van der Waals surface area (Å²) in [6.45, 7) is 9.85. The number of hydrogen-bond donors (Lipinski definition) is 0. The van der Waals surface area contributed by atoms with Gasteiger partial charge in [0.1, 0.15) is 11.6 Å². The summed E-state index contributed by atoms with van der Waals surface area (Å²) in [6, 6.07) is 11.7. The Balaban J connectivity index is 1.51. The molecule has 5 rings (SSSR count). The molecule has 1 amide bonds. The SMILES string of the molecule is CCN1CCN(c2c(CN(CCOC)C(=O)c3ccc4c(c3)OCO4)c(C)nn2-c2cccc(F)c2)CC1. The molecule has 0 atom stereocenters. The van der Waals surface area contributed by atoms with Crippen molar-refractivity contribution in [2.45, 2.75) is 20.4 Å². The molecular weight excluding hydrogens is 489 g/mol. The van der Waals surface area contributed by atoms with Gasteiger partial charge in [0.15, 0.2) is 11.5 Å². The molecule has 2 aliphatic rings. The molecule has 0 aliphatic carbocycles. The Morgan fingerprint density at radius 1 is 1.11 bits per heavy atom. The van der Waals surface area contributed by atoms with Crippen molar-refractivity contribution in [2.75, 3.05) is 64.7 Å². The van der Waals surface area contributed by atoms with E-state index in [0.717, 1.165) is 49.8 Å². The first-order valence-electron chi connectivity index (χ1n) is 13.0. The van der Waals surface area contributed by atoms with Crippen LogP contribution in [-0.2, 0) is 11.3 Å². The van der Waals surface area contributed by atoms with Crippen molar-refractivity contribution >= 4 is 11.7 Å². The van der Waals surface area contributed by atoms with Crippen LogP contribution in [0, 0.1) is 12.7 Å². The molecule has 2 aromatic carbocycles. The number of likely N-dealkylation sites (N-methyl/N-ethyl adjacent to an activating group) is 1. The summed E-state index contributed by atoms with van der Waals surface area (Å²) >= 11 is 0. The molecule has 0 unspecified atom stereocenters. The minimum Gasteiger partial charge on any atom is -0.454 e. The molecule has 38 heavy (non-hydrogen) atoms. The number of hydrogen-bond acceptors (Lipinski definition) is 7. The maximum atomic E-state index is 14.2. The number of anilines is 1. The van der Waals surface area contributed by atoms with Crippen LogP contribution in [-0.4, -0.2) is 85.3 Å². The Morgan fingerprint density at radius 3 is 2.63 bits per heavy atom. The van der Waals surface area contributed by atoms with Crippen molar-refractivity contribution in [3.8, 4) is 17.2 Å². The van der Waals surface area contributed by atoms with Gasteiger partial charge in [0.25, 0.3) is 5.91 Å². The lowest BCUT2D eigenvalue weighted by atomic mass is 10.1. The molecule has 3 heterocycles. The summed E-state index contributed by atoms with van der Waals surface area (Å²) in [5, 5.41) is 4.84. The highest BCUT2D eigenvalue weighted by molar-refractivity contribution is 5.95. The number of carbonyl (C=O) groups is 1. The number of rotatable bonds is 9. The van der Waals surface area contributed by atoms with Crippen molar-refractivity contribution in [3.05, 3.63) is 65.1 Å². The molecule has 2 aliphatic heterocycles. The van der Waals surface area contributed by atoms with Crippen LogP contribution >= 0.6 is 0 Å². The molecule has 1 saturated heterocycles. The number of methoxy groups -OCH3 is 1. The number of fused-ring (bicyclic) bond motifs is 1. The van der Waals surface area contributed by atoms with Crippen molar-refractivity contribution in [1.29, 1.82) is 0 Å². The van der Waals surface area contributed by atoms with E-state index in [1.807, 2.05) is 17.7 Å². The summed E-state index contributed by atoms with van der Waals surface area (Å²) in [7, 11) is 1.62. The molecule has 0 radical (unpaired) electrons. The number of nitrogens with zero attached hydrogens (tertiary/aromatic N) is 5. The second kappa shape index (κ2) is 11.4. The monoisotopic (exact) mass is 523 g/mol. The maximum Gasteiger partial charge on any atom is 0.254 e. The Labute approximate surface area is 222 Å². The predicted octanol–water partition coefficient (Wildman–Crippen LogP) is 3.48. The number of ether oxygens (including phenoxy) is 3. The number of benzene rings is 2. The largest absolute Gasteiger partial charge is 0.454 e. The fourth-order valence-electron chi connectivity index (χ4n) is 4.98. The van der Waals surface area contributed by atoms with Gasteiger partial charge in [-0.25, -0.2) is 9.07 Å². The smallest absolute Gasteiger partial charge is 0.254 e. The quantitative estimate of drug-likeness (QED) is 0.425. The minimum atomic E-state index is -0.321. The van der Waals surface area contributed by atoms with Crippen molar-refractivity contribution in [2.24, 2.45) is 0 Å². The van der Waals surface area contributed by atoms with Crippen LogP contribution in [0.25, 0.3) is 5.69 Å². The standard InChI is InChI=1S/C28H34FN5O4/c1-4-31-10-12-32(13-11-31)27-24(20(2)30-34(27)23-7-5-6-22(29)17-23)18-33(14-15-36-3)28(35)21-8-9-25-26(16-21)38-19-37-25/h5-9,16-17H,4,10-15,18-19H2,1-3H3. The van der Waals surface area contributed by atoms with Gasteiger partial charge in [-0.2, -0.15) is 5.10 Å². The normalized spacial score (nSPS) is 15.2. The molecule has 202 valence electrons. The average Bonchev–Trinajstić information content (AvgIpc) is 3.54. The lowest BCUT2D eigenvalue weighted by Crippen LogP contribution is -2.47. The summed E-state index contributed by atoms with van der Waals surface area (Å²) in [5.41, 5.74) is 2.89. The first kappa shape index (κ1) is 26.0. The Bertz CT molecular complexity index is 1290. The van der Waals surface area contributed by atoms with Crippen LogP contribution in [0.4, 0.5) is 10.2 Å². The van der Waals surface area contributed by atoms with E-state index in [1.54, 1.807) is 36.3 Å². The first-order chi connectivity index (χ1) is 18.5. The average molecular weight is 524 g/mol. The number of aryl methyl sites for hydroxylation is 1. The van der Waals surface area contributed by atoms with Gasteiger partial charge in [0, 0.05) is 51.0 Å². The van der Waals surface area contributed by atoms with E-state index in [2.05, 4.69) is 16.7 Å². The van der Waals surface area contributed by atoms with Gasteiger partial charge in [-0.05, 0) is 49.9 Å². The third-order valence-corrected chi connectivity index (χ3v) is 7.15. The number of halogens is 1. The van der Waals surface area contributed by atoms with Gasteiger partial charge >= 0.3 is 0 Å². The highest BCUT2D eigenvalue weighted by Gasteiger charge is 2.28. The fraction of sp³-hybridized carbons (Fsp3) is 0.429. The summed E-state index contributed by atoms with van der Waals surface area (Å²) < 4.78 is 32.3. The number of amides is 1. The van der Waals surface area contributed by atoms with Crippen LogP contribution in [0.15, 0.2) is 42.5 Å². The van der Waals surface area contributed by atoms with Gasteiger partial charge in [-0.1, -0.05) is 13.0 Å². The Hall–Kier alpha value is -3.63. The zero-order chi connectivity index (χ0) is 26.6. The molecule has 3 aromatic rings. The Morgan fingerprint density at radius 2 is 1.89 bits per heavy atom. The third-order valence-electron chi connectivity index (χ3n) is 7.15. The summed E-state index contributed by atoms with van der Waals surface area (Å²) in [5.74, 6) is 1.63. The zero-order valence-corrected chi connectivity index (χ0v) is 22.2. The van der Waals surface area contributed by atoms with Crippen LogP contribution in [0.2, 0.25) is 0 Å². The van der Waals surface area contributed by atoms with E-state index in [4.69, 9.17) is 19.3 Å². The molecule has 9 nitrogen and oxygen atoms in total. The molecule has 0 N–H and O–H groups in total. The fourth-order valence-corrected chi connectivity index (χ4v) is 4.98. The number of aromatic nitrogens is 2. The van der Waals surface area contributed by atoms with Crippen molar-refractivity contribution in [1.82, 2.24) is 19.6 Å². The Kier molecular flexibility index (Phi) is 7.80. The van der Waals surface area contributed by atoms with E-state index < -0.39 is 0 Å². The van der Waals surface area contributed by atoms with E-state index in [-0.39, 0.29) is 18.5 Å². The third kappa shape index (κ3) is 5.32. The molecule has 0 spiro atoms. The maximum absolute atomic E-state index is 14.2. The van der Waals surface area contributed by atoms with Crippen LogP contribution < -0.4 is 14.4 Å². The van der Waals surface area contributed by atoms with Gasteiger partial charge in [-0.3, -0.25) is 4.79 Å². The number of carbonyl (C=O) groups excluding carboxylic acids is 1. The molecule has 1 aromatic heterocycles. The van der Waals surface area contributed by atoms with Gasteiger partial charge in [-0.15, -0.1) is 0 Å². The van der Waals surface area contributed by atoms with Crippen molar-refractivity contribution < 1.29 is 23.4 Å². The van der Waals surface area contributed by atoms with E-state index in [9.17, 15) is 9.18 Å². The number of piperazine rings is 1. The zero-order valence-electron chi connectivity index (χ0n) is 22.2. The molecule has 1 fully saturated rings. The van der Waals surface area contributed by atoms with Crippen molar-refractivity contribution in [3.63, 3.8) is 0 Å².